The van der Waals surface area contributed by atoms with Gasteiger partial charge in [0.05, 0.1) is 25.0 Å². The minimum atomic E-state index is -0.300. The lowest BCUT2D eigenvalue weighted by molar-refractivity contribution is 0.240. The Labute approximate surface area is 162 Å². The van der Waals surface area contributed by atoms with E-state index in [4.69, 9.17) is 4.74 Å². The lowest BCUT2D eigenvalue weighted by Crippen LogP contribution is -2.36. The zero-order valence-electron chi connectivity index (χ0n) is 15.5. The largest absolute Gasteiger partial charge is 0.497 e. The summed E-state index contributed by atoms with van der Waals surface area (Å²) in [5, 5.41) is 5.59. The maximum atomic E-state index is 13.0. The minimum Gasteiger partial charge on any atom is -0.497 e. The summed E-state index contributed by atoms with van der Waals surface area (Å²) in [5.41, 5.74) is 3.24. The third-order valence-electron chi connectivity index (χ3n) is 4.15. The molecule has 0 saturated heterocycles. The van der Waals surface area contributed by atoms with Gasteiger partial charge >= 0.3 is 6.03 Å². The number of hydrogen-bond donors (Lipinski definition) is 2. The van der Waals surface area contributed by atoms with Gasteiger partial charge in [-0.25, -0.2) is 19.2 Å². The van der Waals surface area contributed by atoms with Crippen LogP contribution in [0.4, 0.5) is 9.18 Å². The smallest absolute Gasteiger partial charge is 0.315 e. The fourth-order valence-corrected chi connectivity index (χ4v) is 2.62. The number of benzene rings is 2. The fraction of sp³-hybridized carbons (Fsp3) is 0.190. The Morgan fingerprint density at radius 2 is 1.79 bits per heavy atom. The van der Waals surface area contributed by atoms with Gasteiger partial charge < -0.3 is 15.4 Å². The first kappa shape index (κ1) is 19.3. The van der Waals surface area contributed by atoms with Gasteiger partial charge in [0.1, 0.15) is 17.9 Å². The zero-order chi connectivity index (χ0) is 19.8. The van der Waals surface area contributed by atoms with Gasteiger partial charge in [0.15, 0.2) is 0 Å². The summed E-state index contributed by atoms with van der Waals surface area (Å²) in [7, 11) is 1.63. The summed E-state index contributed by atoms with van der Waals surface area (Å²) in [6.07, 6.45) is 2.15. The molecule has 0 bridgehead atoms. The van der Waals surface area contributed by atoms with Crippen molar-refractivity contribution in [3.8, 4) is 17.0 Å². The SMILES string of the molecule is COc1ccc(CCNC(=O)NCc2cc(-c3ccc(F)cc3)ncn2)cc1. The molecule has 6 nitrogen and oxygen atoms in total. The number of carbonyl (C=O) groups is 1. The molecule has 0 spiro atoms. The number of hydrogen-bond acceptors (Lipinski definition) is 4. The first-order valence-corrected chi connectivity index (χ1v) is 8.85. The van der Waals surface area contributed by atoms with E-state index >= 15 is 0 Å². The molecule has 1 heterocycles. The van der Waals surface area contributed by atoms with Crippen molar-refractivity contribution in [2.75, 3.05) is 13.7 Å². The van der Waals surface area contributed by atoms with E-state index in [-0.39, 0.29) is 18.4 Å². The zero-order valence-corrected chi connectivity index (χ0v) is 15.5. The summed E-state index contributed by atoms with van der Waals surface area (Å²) in [6, 6.07) is 15.3. The summed E-state index contributed by atoms with van der Waals surface area (Å²) in [6.45, 7) is 0.786. The highest BCUT2D eigenvalue weighted by molar-refractivity contribution is 5.73. The number of ether oxygens (including phenoxy) is 1. The molecule has 0 unspecified atom stereocenters. The van der Waals surface area contributed by atoms with Gasteiger partial charge in [-0.3, -0.25) is 0 Å². The Morgan fingerprint density at radius 1 is 1.04 bits per heavy atom. The van der Waals surface area contributed by atoms with Crippen molar-refractivity contribution in [3.63, 3.8) is 0 Å². The van der Waals surface area contributed by atoms with E-state index < -0.39 is 0 Å². The Bertz CT molecular complexity index is 914. The van der Waals surface area contributed by atoms with Crippen LogP contribution in [0.1, 0.15) is 11.3 Å². The van der Waals surface area contributed by atoms with Crippen LogP contribution >= 0.6 is 0 Å². The molecule has 0 aliphatic heterocycles. The molecule has 144 valence electrons. The van der Waals surface area contributed by atoms with Gasteiger partial charge in [0.2, 0.25) is 0 Å². The van der Waals surface area contributed by atoms with E-state index in [0.717, 1.165) is 23.3 Å². The van der Waals surface area contributed by atoms with E-state index in [1.165, 1.54) is 18.5 Å². The second-order valence-electron chi connectivity index (χ2n) is 6.11. The number of nitrogens with one attached hydrogen (secondary N) is 2. The number of amides is 2. The second-order valence-corrected chi connectivity index (χ2v) is 6.11. The minimum absolute atomic E-state index is 0.268. The van der Waals surface area contributed by atoms with Gasteiger partial charge in [0, 0.05) is 12.1 Å². The highest BCUT2D eigenvalue weighted by atomic mass is 19.1. The van der Waals surface area contributed by atoms with Crippen molar-refractivity contribution in [3.05, 3.63) is 78.0 Å². The van der Waals surface area contributed by atoms with Crippen LogP contribution < -0.4 is 15.4 Å². The molecule has 0 saturated carbocycles. The van der Waals surface area contributed by atoms with Crippen LogP contribution in [0.15, 0.2) is 60.9 Å². The average Bonchev–Trinajstić information content (AvgIpc) is 2.73. The summed E-state index contributed by atoms with van der Waals surface area (Å²) in [4.78, 5) is 20.3. The van der Waals surface area contributed by atoms with Crippen LogP contribution in [-0.2, 0) is 13.0 Å². The number of nitrogens with zero attached hydrogens (tertiary/aromatic N) is 2. The average molecular weight is 380 g/mol. The molecule has 0 radical (unpaired) electrons. The summed E-state index contributed by atoms with van der Waals surface area (Å²) < 4.78 is 18.2. The molecule has 7 heteroatoms. The molecule has 2 N–H and O–H groups in total. The van der Waals surface area contributed by atoms with E-state index in [1.54, 1.807) is 25.3 Å². The fourth-order valence-electron chi connectivity index (χ4n) is 2.62. The molecular weight excluding hydrogens is 359 g/mol. The van der Waals surface area contributed by atoms with Crippen LogP contribution in [0.3, 0.4) is 0 Å². The third kappa shape index (κ3) is 5.51. The molecule has 3 rings (SSSR count). The van der Waals surface area contributed by atoms with Crippen molar-refractivity contribution in [2.24, 2.45) is 0 Å². The highest BCUT2D eigenvalue weighted by Gasteiger charge is 2.05. The Balaban J connectivity index is 1.46. The quantitative estimate of drug-likeness (QED) is 0.659. The van der Waals surface area contributed by atoms with Crippen LogP contribution in [0, 0.1) is 5.82 Å². The maximum Gasteiger partial charge on any atom is 0.315 e. The molecule has 0 aliphatic rings. The maximum absolute atomic E-state index is 13.0. The summed E-state index contributed by atoms with van der Waals surface area (Å²) >= 11 is 0. The number of rotatable bonds is 7. The predicted molar refractivity (Wildman–Crippen MR) is 104 cm³/mol. The molecule has 2 aromatic carbocycles. The molecule has 0 fully saturated rings. The van der Waals surface area contributed by atoms with Crippen molar-refractivity contribution >= 4 is 6.03 Å². The number of halogens is 1. The topological polar surface area (TPSA) is 76.1 Å². The van der Waals surface area contributed by atoms with Gasteiger partial charge in [-0.15, -0.1) is 0 Å². The van der Waals surface area contributed by atoms with Crippen LogP contribution in [-0.4, -0.2) is 29.7 Å². The normalized spacial score (nSPS) is 10.4. The third-order valence-corrected chi connectivity index (χ3v) is 4.15. The Morgan fingerprint density at radius 3 is 2.50 bits per heavy atom. The van der Waals surface area contributed by atoms with Crippen LogP contribution in [0.25, 0.3) is 11.3 Å². The number of urea groups is 1. The van der Waals surface area contributed by atoms with E-state index in [9.17, 15) is 9.18 Å². The Hall–Kier alpha value is -3.48. The number of methoxy groups -OCH3 is 1. The van der Waals surface area contributed by atoms with E-state index in [2.05, 4.69) is 20.6 Å². The second kappa shape index (κ2) is 9.45. The van der Waals surface area contributed by atoms with Gasteiger partial charge in [0.25, 0.3) is 0 Å². The lowest BCUT2D eigenvalue weighted by Gasteiger charge is -2.08. The molecule has 1 aromatic heterocycles. The first-order chi connectivity index (χ1) is 13.6. The van der Waals surface area contributed by atoms with Crippen molar-refractivity contribution < 1.29 is 13.9 Å². The van der Waals surface area contributed by atoms with Crippen molar-refractivity contribution in [1.29, 1.82) is 0 Å². The predicted octanol–water partition coefficient (Wildman–Crippen LogP) is 3.33. The first-order valence-electron chi connectivity index (χ1n) is 8.85. The van der Waals surface area contributed by atoms with E-state index in [0.29, 0.717) is 17.9 Å². The molecule has 28 heavy (non-hydrogen) atoms. The molecule has 3 aromatic rings. The van der Waals surface area contributed by atoms with Crippen molar-refractivity contribution in [1.82, 2.24) is 20.6 Å². The standard InChI is InChI=1S/C21H21FN4O2/c1-28-19-8-2-15(3-9-19)10-11-23-21(27)24-13-18-12-20(26-14-25-18)16-4-6-17(22)7-5-16/h2-9,12,14H,10-11,13H2,1H3,(H2,23,24,27). The molecule has 0 aliphatic carbocycles. The molecule has 2 amide bonds. The molecule has 0 atom stereocenters. The summed E-state index contributed by atoms with van der Waals surface area (Å²) in [5.74, 6) is 0.505. The lowest BCUT2D eigenvalue weighted by atomic mass is 10.1. The van der Waals surface area contributed by atoms with Gasteiger partial charge in [-0.2, -0.15) is 0 Å². The van der Waals surface area contributed by atoms with Crippen LogP contribution in [0.5, 0.6) is 5.75 Å². The number of carbonyl (C=O) groups excluding carboxylic acids is 1. The van der Waals surface area contributed by atoms with Crippen molar-refractivity contribution in [2.45, 2.75) is 13.0 Å². The van der Waals surface area contributed by atoms with Crippen LogP contribution in [0.2, 0.25) is 0 Å². The monoisotopic (exact) mass is 380 g/mol. The van der Waals surface area contributed by atoms with Gasteiger partial charge in [-0.1, -0.05) is 12.1 Å². The molecular formula is C21H21FN4O2. The number of aromatic nitrogens is 2. The van der Waals surface area contributed by atoms with Gasteiger partial charge in [-0.05, 0) is 54.4 Å². The highest BCUT2D eigenvalue weighted by Crippen LogP contribution is 2.17. The Kier molecular flexibility index (Phi) is 6.51. The van der Waals surface area contributed by atoms with E-state index in [1.807, 2.05) is 24.3 Å².